The Balaban J connectivity index is 2.12. The molecule has 1 atom stereocenters. The highest BCUT2D eigenvalue weighted by atomic mass is 16.2. The van der Waals surface area contributed by atoms with E-state index in [1.807, 2.05) is 32.9 Å². The molecule has 0 aliphatic rings. The van der Waals surface area contributed by atoms with Crippen LogP contribution in [-0.2, 0) is 11.2 Å². The van der Waals surface area contributed by atoms with Gasteiger partial charge in [-0.3, -0.25) is 9.59 Å². The van der Waals surface area contributed by atoms with E-state index in [1.165, 1.54) is 5.56 Å². The Labute approximate surface area is 155 Å². The molecule has 5 nitrogen and oxygen atoms in total. The summed E-state index contributed by atoms with van der Waals surface area (Å²) < 4.78 is 0. The highest BCUT2D eigenvalue weighted by molar-refractivity contribution is 5.97. The summed E-state index contributed by atoms with van der Waals surface area (Å²) in [6, 6.07) is 11.4. The van der Waals surface area contributed by atoms with Gasteiger partial charge < -0.3 is 10.6 Å². The fourth-order valence-corrected chi connectivity index (χ4v) is 2.54. The molecule has 1 heterocycles. The van der Waals surface area contributed by atoms with Crippen LogP contribution in [0.4, 0.5) is 5.82 Å². The van der Waals surface area contributed by atoms with Crippen LogP contribution in [0.3, 0.4) is 0 Å². The van der Waals surface area contributed by atoms with Crippen LogP contribution in [-0.4, -0.2) is 16.8 Å². The summed E-state index contributed by atoms with van der Waals surface area (Å²) in [5.74, 6) is -0.0732. The van der Waals surface area contributed by atoms with Crippen LogP contribution in [0, 0.1) is 12.8 Å². The predicted molar refractivity (Wildman–Crippen MR) is 104 cm³/mol. The number of aromatic nitrogens is 1. The van der Waals surface area contributed by atoms with E-state index in [2.05, 4.69) is 34.7 Å². The Morgan fingerprint density at radius 1 is 1.08 bits per heavy atom. The Morgan fingerprint density at radius 2 is 1.73 bits per heavy atom. The van der Waals surface area contributed by atoms with E-state index < -0.39 is 0 Å². The van der Waals surface area contributed by atoms with E-state index in [0.29, 0.717) is 17.1 Å². The average Bonchev–Trinajstić information content (AvgIpc) is 2.61. The van der Waals surface area contributed by atoms with E-state index in [0.717, 1.165) is 12.0 Å². The van der Waals surface area contributed by atoms with Crippen molar-refractivity contribution in [1.29, 1.82) is 0 Å². The van der Waals surface area contributed by atoms with E-state index in [1.54, 1.807) is 19.1 Å². The summed E-state index contributed by atoms with van der Waals surface area (Å²) >= 11 is 0. The maximum absolute atomic E-state index is 12.6. The third kappa shape index (κ3) is 5.15. The number of carbonyl (C=O) groups excluding carboxylic acids is 2. The number of benzene rings is 1. The van der Waals surface area contributed by atoms with Gasteiger partial charge >= 0.3 is 0 Å². The molecule has 0 radical (unpaired) electrons. The molecule has 2 amide bonds. The lowest BCUT2D eigenvalue weighted by Gasteiger charge is -2.16. The van der Waals surface area contributed by atoms with Crippen molar-refractivity contribution >= 4 is 17.6 Å². The second kappa shape index (κ2) is 8.61. The highest BCUT2D eigenvalue weighted by Crippen LogP contribution is 2.16. The smallest absolute Gasteiger partial charge is 0.251 e. The highest BCUT2D eigenvalue weighted by Gasteiger charge is 2.15. The first-order valence-electron chi connectivity index (χ1n) is 8.99. The number of pyridine rings is 1. The van der Waals surface area contributed by atoms with Gasteiger partial charge in [-0.1, -0.05) is 45.0 Å². The molecule has 2 aromatic rings. The average molecular weight is 353 g/mol. The van der Waals surface area contributed by atoms with Crippen LogP contribution in [0.5, 0.6) is 0 Å². The lowest BCUT2D eigenvalue weighted by atomic mass is 10.0. The second-order valence-electron chi connectivity index (χ2n) is 6.82. The van der Waals surface area contributed by atoms with Crippen molar-refractivity contribution < 1.29 is 9.59 Å². The minimum absolute atomic E-state index is 0.115. The lowest BCUT2D eigenvalue weighted by molar-refractivity contribution is -0.118. The van der Waals surface area contributed by atoms with Crippen molar-refractivity contribution in [2.24, 2.45) is 5.92 Å². The van der Waals surface area contributed by atoms with Gasteiger partial charge in [-0.15, -0.1) is 0 Å². The molecule has 138 valence electrons. The van der Waals surface area contributed by atoms with Crippen molar-refractivity contribution in [2.45, 2.75) is 47.1 Å². The summed E-state index contributed by atoms with van der Waals surface area (Å²) in [6.07, 6.45) is 0.988. The van der Waals surface area contributed by atoms with E-state index in [-0.39, 0.29) is 23.8 Å². The number of amides is 2. The van der Waals surface area contributed by atoms with Crippen LogP contribution in [0.15, 0.2) is 36.4 Å². The minimum atomic E-state index is -0.192. The molecular formula is C21H27N3O2. The molecule has 0 aliphatic carbocycles. The van der Waals surface area contributed by atoms with Crippen molar-refractivity contribution in [3.63, 3.8) is 0 Å². The van der Waals surface area contributed by atoms with Crippen LogP contribution in [0.25, 0.3) is 0 Å². The number of rotatable bonds is 6. The summed E-state index contributed by atoms with van der Waals surface area (Å²) in [5.41, 5.74) is 3.47. The second-order valence-corrected chi connectivity index (χ2v) is 6.82. The Kier molecular flexibility index (Phi) is 6.50. The van der Waals surface area contributed by atoms with Crippen molar-refractivity contribution in [1.82, 2.24) is 10.3 Å². The predicted octanol–water partition coefficient (Wildman–Crippen LogP) is 4.04. The molecule has 1 unspecified atom stereocenters. The normalized spacial score (nSPS) is 11.9. The van der Waals surface area contributed by atoms with Crippen molar-refractivity contribution in [2.75, 3.05) is 5.32 Å². The van der Waals surface area contributed by atoms with Gasteiger partial charge in [-0.25, -0.2) is 4.98 Å². The van der Waals surface area contributed by atoms with Gasteiger partial charge in [-0.05, 0) is 43.5 Å². The molecule has 1 aromatic heterocycles. The molecule has 0 aliphatic heterocycles. The monoisotopic (exact) mass is 353 g/mol. The van der Waals surface area contributed by atoms with Crippen LogP contribution in [0.2, 0.25) is 0 Å². The zero-order valence-corrected chi connectivity index (χ0v) is 16.1. The Bertz CT molecular complexity index is 782. The topological polar surface area (TPSA) is 71.1 Å². The van der Waals surface area contributed by atoms with Crippen molar-refractivity contribution in [3.05, 3.63) is 58.8 Å². The molecule has 0 fully saturated rings. The van der Waals surface area contributed by atoms with Gasteiger partial charge in [0.2, 0.25) is 5.91 Å². The van der Waals surface area contributed by atoms with Crippen LogP contribution < -0.4 is 10.6 Å². The number of hydrogen-bond donors (Lipinski definition) is 2. The largest absolute Gasteiger partial charge is 0.346 e. The molecule has 26 heavy (non-hydrogen) atoms. The zero-order chi connectivity index (χ0) is 19.3. The first-order valence-corrected chi connectivity index (χ1v) is 8.99. The number of carbonyl (C=O) groups is 2. The number of nitrogens with one attached hydrogen (secondary N) is 2. The SMILES string of the molecule is CCc1ccc(C(C)NC(=O)c2cc(C)nc(NC(=O)C(C)C)c2)cc1. The maximum atomic E-state index is 12.6. The molecule has 1 aromatic carbocycles. The summed E-state index contributed by atoms with van der Waals surface area (Å²) in [6.45, 7) is 9.49. The third-order valence-corrected chi connectivity index (χ3v) is 4.23. The van der Waals surface area contributed by atoms with E-state index in [9.17, 15) is 9.59 Å². The molecule has 5 heteroatoms. The fraction of sp³-hybridized carbons (Fsp3) is 0.381. The van der Waals surface area contributed by atoms with Crippen LogP contribution >= 0.6 is 0 Å². The molecule has 2 N–H and O–H groups in total. The first-order chi connectivity index (χ1) is 12.3. The minimum Gasteiger partial charge on any atom is -0.346 e. The maximum Gasteiger partial charge on any atom is 0.251 e. The Morgan fingerprint density at radius 3 is 2.31 bits per heavy atom. The van der Waals surface area contributed by atoms with Gasteiger partial charge in [-0.2, -0.15) is 0 Å². The van der Waals surface area contributed by atoms with Crippen molar-refractivity contribution in [3.8, 4) is 0 Å². The number of hydrogen-bond acceptors (Lipinski definition) is 3. The lowest BCUT2D eigenvalue weighted by Crippen LogP contribution is -2.27. The van der Waals surface area contributed by atoms with E-state index >= 15 is 0 Å². The summed E-state index contributed by atoms with van der Waals surface area (Å²) in [7, 11) is 0. The number of anilines is 1. The molecular weight excluding hydrogens is 326 g/mol. The molecule has 0 bridgehead atoms. The molecule has 0 spiro atoms. The summed E-state index contributed by atoms with van der Waals surface area (Å²) in [5, 5.41) is 5.75. The third-order valence-electron chi connectivity index (χ3n) is 4.23. The van der Waals surface area contributed by atoms with Crippen LogP contribution in [0.1, 0.15) is 60.9 Å². The standard InChI is InChI=1S/C21H27N3O2/c1-6-16-7-9-17(10-8-16)15(5)23-21(26)18-11-14(4)22-19(12-18)24-20(25)13(2)3/h7-13,15H,6H2,1-5H3,(H,23,26)(H,22,24,25). The van der Waals surface area contributed by atoms with E-state index in [4.69, 9.17) is 0 Å². The molecule has 0 saturated heterocycles. The van der Waals surface area contributed by atoms with Gasteiger partial charge in [0.25, 0.3) is 5.91 Å². The first kappa shape index (κ1) is 19.6. The fourth-order valence-electron chi connectivity index (χ4n) is 2.54. The number of aryl methyl sites for hydroxylation is 2. The quantitative estimate of drug-likeness (QED) is 0.823. The zero-order valence-electron chi connectivity index (χ0n) is 16.1. The Hall–Kier alpha value is -2.69. The number of nitrogens with zero attached hydrogens (tertiary/aromatic N) is 1. The summed E-state index contributed by atoms with van der Waals surface area (Å²) in [4.78, 5) is 28.8. The van der Waals surface area contributed by atoms with Gasteiger partial charge in [0.1, 0.15) is 5.82 Å². The van der Waals surface area contributed by atoms with Gasteiger partial charge in [0, 0.05) is 17.2 Å². The molecule has 2 rings (SSSR count). The van der Waals surface area contributed by atoms with Gasteiger partial charge in [0.15, 0.2) is 0 Å². The van der Waals surface area contributed by atoms with Gasteiger partial charge in [0.05, 0.1) is 6.04 Å². The molecule has 0 saturated carbocycles.